The maximum atomic E-state index is 11.8. The molecule has 1 aromatic heterocycles. The Morgan fingerprint density at radius 2 is 1.83 bits per heavy atom. The molecule has 35 heavy (non-hydrogen) atoms. The highest BCUT2D eigenvalue weighted by molar-refractivity contribution is 6.30. The van der Waals surface area contributed by atoms with Crippen molar-refractivity contribution in [1.82, 2.24) is 20.2 Å². The second-order valence-electron chi connectivity index (χ2n) is 8.53. The summed E-state index contributed by atoms with van der Waals surface area (Å²) in [7, 11) is 0. The molecule has 0 spiro atoms. The Kier molecular flexibility index (Phi) is 8.05. The number of halogens is 1. The van der Waals surface area contributed by atoms with Gasteiger partial charge in [-0.3, -0.25) is 4.79 Å². The number of piperidine rings is 1. The van der Waals surface area contributed by atoms with E-state index in [9.17, 15) is 9.59 Å². The lowest BCUT2D eigenvalue weighted by atomic mass is 10.0. The van der Waals surface area contributed by atoms with Crippen LogP contribution < -0.4 is 15.5 Å². The highest BCUT2D eigenvalue weighted by Gasteiger charge is 2.21. The molecule has 1 saturated heterocycles. The summed E-state index contributed by atoms with van der Waals surface area (Å²) in [5.41, 5.74) is 4.39. The minimum atomic E-state index is -1.06. The van der Waals surface area contributed by atoms with Crippen molar-refractivity contribution < 1.29 is 14.7 Å². The van der Waals surface area contributed by atoms with Gasteiger partial charge in [-0.05, 0) is 59.9 Å². The monoisotopic (exact) mass is 493 g/mol. The van der Waals surface area contributed by atoms with Crippen molar-refractivity contribution in [2.75, 3.05) is 24.5 Å². The van der Waals surface area contributed by atoms with Crippen LogP contribution in [0.4, 0.5) is 10.5 Å². The molecule has 0 atom stereocenters. The van der Waals surface area contributed by atoms with Crippen molar-refractivity contribution >= 4 is 41.4 Å². The van der Waals surface area contributed by atoms with Crippen molar-refractivity contribution in [2.45, 2.75) is 25.4 Å². The van der Waals surface area contributed by atoms with E-state index in [0.29, 0.717) is 5.02 Å². The Bertz CT molecular complexity index is 1170. The molecule has 0 aliphatic carbocycles. The zero-order valence-electron chi connectivity index (χ0n) is 19.2. The third-order valence-electron chi connectivity index (χ3n) is 5.86. The number of carboxylic acids is 1. The molecule has 3 aromatic rings. The number of rotatable bonds is 8. The summed E-state index contributed by atoms with van der Waals surface area (Å²) in [6, 6.07) is 14.0. The molecule has 2 aromatic carbocycles. The lowest BCUT2D eigenvalue weighted by Crippen LogP contribution is -2.48. The number of hydrogen-bond acceptors (Lipinski definition) is 4. The second-order valence-corrected chi connectivity index (χ2v) is 8.97. The minimum Gasteiger partial charge on any atom is -0.480 e. The molecule has 3 N–H and O–H groups in total. The number of amides is 2. The standard InChI is InChI=1S/C26H28ClN5O3/c27-22-14-20(13-21(15-22)17-31-12-9-28-18-31)2-1-19-3-5-24(6-4-19)32-10-7-23(8-11-32)30-26(35)29-16-25(33)34/h1-6,9,12-15,18,23H,7-8,10-11,16-17H2,(H,33,34)(H2,29,30,35)/b2-1+. The number of nitrogens with one attached hydrogen (secondary N) is 2. The fourth-order valence-corrected chi connectivity index (χ4v) is 4.38. The van der Waals surface area contributed by atoms with Crippen molar-refractivity contribution in [3.05, 3.63) is 82.9 Å². The van der Waals surface area contributed by atoms with Crippen LogP contribution in [-0.4, -0.2) is 52.3 Å². The van der Waals surface area contributed by atoms with Crippen molar-refractivity contribution in [3.63, 3.8) is 0 Å². The normalized spacial score (nSPS) is 14.3. The molecule has 2 amide bonds. The maximum Gasteiger partial charge on any atom is 0.323 e. The van der Waals surface area contributed by atoms with E-state index in [-0.39, 0.29) is 12.6 Å². The van der Waals surface area contributed by atoms with E-state index < -0.39 is 12.0 Å². The smallest absolute Gasteiger partial charge is 0.323 e. The summed E-state index contributed by atoms with van der Waals surface area (Å²) in [6.07, 6.45) is 11.2. The van der Waals surface area contributed by atoms with Gasteiger partial charge < -0.3 is 25.2 Å². The zero-order chi connectivity index (χ0) is 24.6. The molecule has 1 aliphatic heterocycles. The van der Waals surface area contributed by atoms with E-state index in [1.54, 1.807) is 12.5 Å². The molecule has 0 saturated carbocycles. The largest absolute Gasteiger partial charge is 0.480 e. The fraction of sp³-hybridized carbons (Fsp3) is 0.269. The van der Waals surface area contributed by atoms with E-state index in [1.165, 1.54) is 0 Å². The zero-order valence-corrected chi connectivity index (χ0v) is 20.0. The Morgan fingerprint density at radius 3 is 2.51 bits per heavy atom. The average molecular weight is 494 g/mol. The van der Waals surface area contributed by atoms with Gasteiger partial charge in [0.05, 0.1) is 6.33 Å². The number of imidazole rings is 1. The van der Waals surface area contributed by atoms with Gasteiger partial charge in [0.25, 0.3) is 0 Å². The van der Waals surface area contributed by atoms with Gasteiger partial charge >= 0.3 is 12.0 Å². The Labute approximate surface area is 209 Å². The number of hydrogen-bond donors (Lipinski definition) is 3. The number of carbonyl (C=O) groups excluding carboxylic acids is 1. The van der Waals surface area contributed by atoms with Gasteiger partial charge in [-0.1, -0.05) is 35.9 Å². The van der Waals surface area contributed by atoms with Crippen molar-refractivity contribution in [3.8, 4) is 0 Å². The van der Waals surface area contributed by atoms with Gasteiger partial charge in [-0.2, -0.15) is 0 Å². The van der Waals surface area contributed by atoms with Crippen LogP contribution >= 0.6 is 11.6 Å². The van der Waals surface area contributed by atoms with Crippen LogP contribution in [0.5, 0.6) is 0 Å². The first kappa shape index (κ1) is 24.3. The van der Waals surface area contributed by atoms with Crippen LogP contribution in [0, 0.1) is 0 Å². The number of nitrogens with zero attached hydrogens (tertiary/aromatic N) is 3. The number of benzene rings is 2. The summed E-state index contributed by atoms with van der Waals surface area (Å²) in [4.78, 5) is 28.7. The van der Waals surface area contributed by atoms with Gasteiger partial charge in [0.2, 0.25) is 0 Å². The average Bonchev–Trinajstić information content (AvgIpc) is 3.35. The molecular formula is C26H28ClN5O3. The van der Waals surface area contributed by atoms with Crippen LogP contribution in [0.3, 0.4) is 0 Å². The number of urea groups is 1. The minimum absolute atomic E-state index is 0.0404. The number of carboxylic acid groups (broad SMARTS) is 1. The summed E-state index contributed by atoms with van der Waals surface area (Å²) >= 11 is 6.33. The molecule has 2 heterocycles. The highest BCUT2D eigenvalue weighted by Crippen LogP contribution is 2.22. The molecular weight excluding hydrogens is 466 g/mol. The Hall–Kier alpha value is -3.78. The number of aromatic nitrogens is 2. The van der Waals surface area contributed by atoms with Gasteiger partial charge in [0.15, 0.2) is 0 Å². The molecule has 9 heteroatoms. The van der Waals surface area contributed by atoms with E-state index in [1.807, 2.05) is 22.9 Å². The summed E-state index contributed by atoms with van der Waals surface area (Å²) in [5, 5.41) is 14.5. The first-order chi connectivity index (χ1) is 16.9. The van der Waals surface area contributed by atoms with Crippen molar-refractivity contribution in [1.29, 1.82) is 0 Å². The predicted molar refractivity (Wildman–Crippen MR) is 138 cm³/mol. The molecule has 1 aliphatic rings. The molecule has 8 nitrogen and oxygen atoms in total. The predicted octanol–water partition coefficient (Wildman–Crippen LogP) is 4.11. The summed E-state index contributed by atoms with van der Waals surface area (Å²) < 4.78 is 2.00. The highest BCUT2D eigenvalue weighted by atomic mass is 35.5. The maximum absolute atomic E-state index is 11.8. The molecule has 4 rings (SSSR count). The SMILES string of the molecule is O=C(O)CNC(=O)NC1CCN(c2ccc(/C=C/c3cc(Cl)cc(Cn4ccnc4)c3)cc2)CC1. The van der Waals surface area contributed by atoms with Gasteiger partial charge in [-0.25, -0.2) is 9.78 Å². The number of anilines is 1. The molecule has 1 fully saturated rings. The molecule has 182 valence electrons. The molecule has 0 bridgehead atoms. The topological polar surface area (TPSA) is 99.5 Å². The van der Waals surface area contributed by atoms with Gasteiger partial charge in [0.1, 0.15) is 6.54 Å². The first-order valence-corrected chi connectivity index (χ1v) is 11.9. The van der Waals surface area contributed by atoms with Gasteiger partial charge in [-0.15, -0.1) is 0 Å². The van der Waals surface area contributed by atoms with E-state index in [2.05, 4.69) is 63.0 Å². The summed E-state index contributed by atoms with van der Waals surface area (Å²) in [6.45, 7) is 1.98. The number of carbonyl (C=O) groups is 2. The number of aliphatic carboxylic acids is 1. The molecule has 0 radical (unpaired) electrons. The second kappa shape index (κ2) is 11.6. The van der Waals surface area contributed by atoms with Crippen molar-refractivity contribution in [2.24, 2.45) is 0 Å². The summed E-state index contributed by atoms with van der Waals surface area (Å²) in [5.74, 6) is -1.06. The van der Waals surface area contributed by atoms with Crippen LogP contribution in [0.1, 0.15) is 29.5 Å². The molecule has 0 unspecified atom stereocenters. The van der Waals surface area contributed by atoms with E-state index in [4.69, 9.17) is 16.7 Å². The van der Waals surface area contributed by atoms with Crippen LogP contribution in [-0.2, 0) is 11.3 Å². The third-order valence-corrected chi connectivity index (χ3v) is 6.08. The Balaban J connectivity index is 1.30. The first-order valence-electron chi connectivity index (χ1n) is 11.5. The lowest BCUT2D eigenvalue weighted by Gasteiger charge is -2.34. The fourth-order valence-electron chi connectivity index (χ4n) is 4.12. The van der Waals surface area contributed by atoms with Crippen LogP contribution in [0.15, 0.2) is 61.2 Å². The van der Waals surface area contributed by atoms with Crippen LogP contribution in [0.25, 0.3) is 12.2 Å². The lowest BCUT2D eigenvalue weighted by molar-refractivity contribution is -0.135. The third kappa shape index (κ3) is 7.35. The van der Waals surface area contributed by atoms with E-state index >= 15 is 0 Å². The van der Waals surface area contributed by atoms with Gasteiger partial charge in [0, 0.05) is 48.8 Å². The Morgan fingerprint density at radius 1 is 1.09 bits per heavy atom. The quantitative estimate of drug-likeness (QED) is 0.410. The van der Waals surface area contributed by atoms with E-state index in [0.717, 1.165) is 54.9 Å². The van der Waals surface area contributed by atoms with Crippen LogP contribution in [0.2, 0.25) is 5.02 Å².